The number of anilines is 2. The minimum absolute atomic E-state index is 0.411. The highest BCUT2D eigenvalue weighted by atomic mass is 16.5. The summed E-state index contributed by atoms with van der Waals surface area (Å²) < 4.78 is 7.19. The summed E-state index contributed by atoms with van der Waals surface area (Å²) >= 11 is 0. The molecule has 2 aromatic heterocycles. The molecule has 2 aliphatic rings. The molecule has 4 heterocycles. The molecule has 0 amide bonds. The van der Waals surface area contributed by atoms with Crippen molar-refractivity contribution in [2.45, 2.75) is 32.2 Å². The third kappa shape index (κ3) is 4.00. The van der Waals surface area contributed by atoms with Crippen molar-refractivity contribution in [2.24, 2.45) is 0 Å². The molecule has 0 aliphatic carbocycles. The fourth-order valence-electron chi connectivity index (χ4n) is 4.67. The number of piperidine rings is 1. The summed E-state index contributed by atoms with van der Waals surface area (Å²) in [5.74, 6) is 1.08. The maximum atomic E-state index is 6.25. The van der Waals surface area contributed by atoms with Crippen LogP contribution in [0, 0.1) is 6.92 Å². The lowest BCUT2D eigenvalue weighted by Gasteiger charge is -2.33. The number of fused-ring (bicyclic) bond motifs is 1. The van der Waals surface area contributed by atoms with Crippen molar-refractivity contribution < 1.29 is 4.74 Å². The number of hydrogen-bond donors (Lipinski definition) is 1. The van der Waals surface area contributed by atoms with Crippen LogP contribution in [0.25, 0.3) is 5.65 Å². The van der Waals surface area contributed by atoms with Gasteiger partial charge in [-0.3, -0.25) is 4.90 Å². The predicted molar refractivity (Wildman–Crippen MR) is 119 cm³/mol. The van der Waals surface area contributed by atoms with Gasteiger partial charge in [-0.2, -0.15) is 9.61 Å². The minimum atomic E-state index is 0.411. The number of rotatable bonds is 4. The third-order valence-corrected chi connectivity index (χ3v) is 6.24. The number of ether oxygens (including phenoxy) is 1. The van der Waals surface area contributed by atoms with E-state index < -0.39 is 0 Å². The Morgan fingerprint density at radius 1 is 1.10 bits per heavy atom. The van der Waals surface area contributed by atoms with Gasteiger partial charge in [0.2, 0.25) is 0 Å². The summed E-state index contributed by atoms with van der Waals surface area (Å²) in [6.45, 7) is 8.69. The molecule has 1 unspecified atom stereocenters. The second-order valence-electron chi connectivity index (χ2n) is 8.50. The predicted octanol–water partition coefficient (Wildman–Crippen LogP) is 2.84. The van der Waals surface area contributed by atoms with Crippen LogP contribution in [0.5, 0.6) is 0 Å². The number of likely N-dealkylation sites (tertiary alicyclic amines) is 1. The van der Waals surface area contributed by atoms with Crippen LogP contribution in [0.4, 0.5) is 11.5 Å². The zero-order valence-electron chi connectivity index (χ0n) is 17.6. The highest BCUT2D eigenvalue weighted by molar-refractivity contribution is 5.49. The molecule has 2 N–H and O–H groups in total. The Morgan fingerprint density at radius 3 is 2.70 bits per heavy atom. The molecule has 3 aromatic rings. The Morgan fingerprint density at radius 2 is 1.90 bits per heavy atom. The Balaban J connectivity index is 1.26. The van der Waals surface area contributed by atoms with E-state index in [2.05, 4.69) is 39.2 Å². The first-order chi connectivity index (χ1) is 14.7. The van der Waals surface area contributed by atoms with Gasteiger partial charge in [-0.15, -0.1) is 0 Å². The molecule has 2 aliphatic heterocycles. The average molecular weight is 407 g/mol. The molecule has 2 fully saturated rings. The van der Waals surface area contributed by atoms with E-state index in [1.807, 2.05) is 19.1 Å². The molecule has 158 valence electrons. The maximum absolute atomic E-state index is 6.25. The molecular weight excluding hydrogens is 376 g/mol. The molecule has 2 saturated heterocycles. The van der Waals surface area contributed by atoms with Crippen molar-refractivity contribution in [2.75, 3.05) is 50.0 Å². The van der Waals surface area contributed by atoms with Crippen molar-refractivity contribution in [1.29, 1.82) is 0 Å². The van der Waals surface area contributed by atoms with Crippen LogP contribution in [0.15, 0.2) is 36.4 Å². The number of aryl methyl sites for hydroxylation is 1. The lowest BCUT2D eigenvalue weighted by molar-refractivity contribution is 0.122. The summed E-state index contributed by atoms with van der Waals surface area (Å²) in [5, 5.41) is 4.42. The molecule has 30 heavy (non-hydrogen) atoms. The van der Waals surface area contributed by atoms with Gasteiger partial charge in [0.15, 0.2) is 5.65 Å². The van der Waals surface area contributed by atoms with E-state index >= 15 is 0 Å². The number of nitrogens with two attached hydrogens (primary N) is 1. The van der Waals surface area contributed by atoms with E-state index in [0.29, 0.717) is 11.7 Å². The topological polar surface area (TPSA) is 71.9 Å². The summed E-state index contributed by atoms with van der Waals surface area (Å²) in [6.07, 6.45) is 2.34. The largest absolute Gasteiger partial charge is 0.384 e. The van der Waals surface area contributed by atoms with Gasteiger partial charge in [-0.1, -0.05) is 12.1 Å². The smallest absolute Gasteiger partial charge is 0.157 e. The monoisotopic (exact) mass is 406 g/mol. The number of aromatic nitrogens is 3. The van der Waals surface area contributed by atoms with Crippen LogP contribution in [-0.4, -0.2) is 58.9 Å². The SMILES string of the molecule is Cc1cc2nc(C3CCCN(Cc4ccc(N5CCOCC5)cc4)C3)cc(N)n2n1. The molecule has 0 spiro atoms. The van der Waals surface area contributed by atoms with Gasteiger partial charge in [-0.25, -0.2) is 4.98 Å². The van der Waals surface area contributed by atoms with Crippen LogP contribution in [0.1, 0.15) is 35.7 Å². The second kappa shape index (κ2) is 8.24. The van der Waals surface area contributed by atoms with Crippen LogP contribution < -0.4 is 10.6 Å². The average Bonchev–Trinajstić information content (AvgIpc) is 3.16. The highest BCUT2D eigenvalue weighted by Crippen LogP contribution is 2.28. The Kier molecular flexibility index (Phi) is 5.31. The van der Waals surface area contributed by atoms with E-state index in [1.54, 1.807) is 4.52 Å². The second-order valence-corrected chi connectivity index (χ2v) is 8.50. The summed E-state index contributed by atoms with van der Waals surface area (Å²) in [5.41, 5.74) is 11.8. The van der Waals surface area contributed by atoms with Gasteiger partial charge in [0.05, 0.1) is 24.6 Å². The van der Waals surface area contributed by atoms with Crippen LogP contribution in [0.2, 0.25) is 0 Å². The van der Waals surface area contributed by atoms with Crippen molar-refractivity contribution in [3.63, 3.8) is 0 Å². The molecule has 1 atom stereocenters. The maximum Gasteiger partial charge on any atom is 0.157 e. The highest BCUT2D eigenvalue weighted by Gasteiger charge is 2.24. The van der Waals surface area contributed by atoms with Crippen molar-refractivity contribution in [3.05, 3.63) is 53.3 Å². The molecular formula is C23H30N6O. The first-order valence-corrected chi connectivity index (χ1v) is 10.9. The quantitative estimate of drug-likeness (QED) is 0.718. The minimum Gasteiger partial charge on any atom is -0.384 e. The van der Waals surface area contributed by atoms with Crippen molar-refractivity contribution in [3.8, 4) is 0 Å². The number of nitrogens with zero attached hydrogens (tertiary/aromatic N) is 5. The van der Waals surface area contributed by atoms with E-state index in [0.717, 1.165) is 69.4 Å². The number of hydrogen-bond acceptors (Lipinski definition) is 6. The first-order valence-electron chi connectivity index (χ1n) is 10.9. The number of benzene rings is 1. The fraction of sp³-hybridized carbons (Fsp3) is 0.478. The molecule has 0 radical (unpaired) electrons. The normalized spacial score (nSPS) is 20.7. The molecule has 5 rings (SSSR count). The van der Waals surface area contributed by atoms with Crippen molar-refractivity contribution in [1.82, 2.24) is 19.5 Å². The van der Waals surface area contributed by atoms with Crippen LogP contribution in [0.3, 0.4) is 0 Å². The van der Waals surface area contributed by atoms with E-state index in [4.69, 9.17) is 15.5 Å². The van der Waals surface area contributed by atoms with Gasteiger partial charge in [-0.05, 0) is 44.0 Å². The molecule has 1 aromatic carbocycles. The standard InChI is InChI=1S/C23H30N6O/c1-17-13-23-25-21(14-22(24)29(23)26-17)19-3-2-8-27(16-19)15-18-4-6-20(7-5-18)28-9-11-30-12-10-28/h4-7,13-14,19H,2-3,8-12,15-16,24H2,1H3. The summed E-state index contributed by atoms with van der Waals surface area (Å²) in [7, 11) is 0. The fourth-order valence-corrected chi connectivity index (χ4v) is 4.67. The third-order valence-electron chi connectivity index (χ3n) is 6.24. The van der Waals surface area contributed by atoms with Gasteiger partial charge >= 0.3 is 0 Å². The van der Waals surface area contributed by atoms with Crippen LogP contribution >= 0.6 is 0 Å². The molecule has 0 bridgehead atoms. The summed E-state index contributed by atoms with van der Waals surface area (Å²) in [6, 6.07) is 13.0. The van der Waals surface area contributed by atoms with Gasteiger partial charge in [0, 0.05) is 49.9 Å². The molecule has 7 heteroatoms. The number of nitrogen functional groups attached to an aromatic ring is 1. The zero-order chi connectivity index (χ0) is 20.5. The van der Waals surface area contributed by atoms with Crippen molar-refractivity contribution >= 4 is 17.2 Å². The Bertz CT molecular complexity index is 1010. The zero-order valence-corrected chi connectivity index (χ0v) is 17.6. The molecule has 7 nitrogen and oxygen atoms in total. The van der Waals surface area contributed by atoms with Crippen LogP contribution in [-0.2, 0) is 11.3 Å². The number of morpholine rings is 1. The Hall–Kier alpha value is -2.64. The van der Waals surface area contributed by atoms with E-state index in [9.17, 15) is 0 Å². The van der Waals surface area contributed by atoms with E-state index in [1.165, 1.54) is 17.7 Å². The Labute approximate surface area is 177 Å². The molecule has 0 saturated carbocycles. The van der Waals surface area contributed by atoms with E-state index in [-0.39, 0.29) is 0 Å². The van der Waals surface area contributed by atoms with Gasteiger partial charge in [0.25, 0.3) is 0 Å². The van der Waals surface area contributed by atoms with Gasteiger partial charge in [0.1, 0.15) is 5.82 Å². The lowest BCUT2D eigenvalue weighted by atomic mass is 9.94. The van der Waals surface area contributed by atoms with Gasteiger partial charge < -0.3 is 15.4 Å². The lowest BCUT2D eigenvalue weighted by Crippen LogP contribution is -2.36. The first kappa shape index (κ1) is 19.3. The summed E-state index contributed by atoms with van der Waals surface area (Å²) in [4.78, 5) is 9.80.